The van der Waals surface area contributed by atoms with Crippen molar-refractivity contribution in [3.05, 3.63) is 23.8 Å². The lowest BCUT2D eigenvalue weighted by molar-refractivity contribution is 0.802. The molecule has 0 aromatic carbocycles. The van der Waals surface area contributed by atoms with Gasteiger partial charge in [-0.25, -0.2) is 9.97 Å². The zero-order valence-electron chi connectivity index (χ0n) is 9.33. The largest absolute Gasteiger partial charge is 0.241 e. The van der Waals surface area contributed by atoms with Gasteiger partial charge in [-0.05, 0) is 18.4 Å². The maximum Gasteiger partial charge on any atom is 0.115 e. The molecule has 0 atom stereocenters. The number of aromatic nitrogens is 2. The number of aryl methyl sites for hydroxylation is 1. The highest BCUT2D eigenvalue weighted by molar-refractivity contribution is 5.10. The first kappa shape index (κ1) is 12.1. The highest BCUT2D eigenvalue weighted by Gasteiger charge is 2.00. The molecule has 2 heteroatoms. The minimum absolute atomic E-state index is 0.503. The van der Waals surface area contributed by atoms with E-state index in [0.29, 0.717) is 5.92 Å². The Morgan fingerprint density at radius 3 is 2.31 bits per heavy atom. The molecular weight excluding hydrogens is 160 g/mol. The predicted molar refractivity (Wildman–Crippen MR) is 56.8 cm³/mol. The van der Waals surface area contributed by atoms with Crippen molar-refractivity contribution in [3.63, 3.8) is 0 Å². The Morgan fingerprint density at radius 1 is 1.23 bits per heavy atom. The topological polar surface area (TPSA) is 25.8 Å². The van der Waals surface area contributed by atoms with E-state index in [2.05, 4.69) is 36.8 Å². The van der Waals surface area contributed by atoms with Crippen LogP contribution in [0.25, 0.3) is 0 Å². The molecule has 0 N–H and O–H groups in total. The Kier molecular flexibility index (Phi) is 6.11. The first-order valence-corrected chi connectivity index (χ1v) is 5.04. The summed E-state index contributed by atoms with van der Waals surface area (Å²) in [4.78, 5) is 8.30. The summed E-state index contributed by atoms with van der Waals surface area (Å²) in [6, 6.07) is 2.07. The van der Waals surface area contributed by atoms with E-state index in [1.165, 1.54) is 0 Å². The van der Waals surface area contributed by atoms with Crippen LogP contribution in [-0.4, -0.2) is 9.97 Å². The van der Waals surface area contributed by atoms with E-state index in [-0.39, 0.29) is 0 Å². The third-order valence-electron chi connectivity index (χ3n) is 1.70. The van der Waals surface area contributed by atoms with Crippen molar-refractivity contribution in [2.24, 2.45) is 0 Å². The van der Waals surface area contributed by atoms with Gasteiger partial charge in [0.15, 0.2) is 0 Å². The maximum atomic E-state index is 4.18. The minimum atomic E-state index is 0.503. The zero-order chi connectivity index (χ0) is 10.3. The van der Waals surface area contributed by atoms with Gasteiger partial charge >= 0.3 is 0 Å². The van der Waals surface area contributed by atoms with Crippen molar-refractivity contribution in [2.45, 2.75) is 47.0 Å². The third kappa shape index (κ3) is 4.02. The normalized spacial score (nSPS) is 9.38. The molecule has 0 saturated carbocycles. The molecule has 0 saturated heterocycles. The molecule has 0 amide bonds. The van der Waals surface area contributed by atoms with E-state index < -0.39 is 0 Å². The highest BCUT2D eigenvalue weighted by atomic mass is 14.8. The SMILES string of the molecule is CC.CCc1cc(C(C)C)ncn1. The molecule has 0 radical (unpaired) electrons. The Morgan fingerprint density at radius 2 is 1.85 bits per heavy atom. The van der Waals surface area contributed by atoms with Gasteiger partial charge in [-0.3, -0.25) is 0 Å². The molecule has 0 aliphatic carbocycles. The summed E-state index contributed by atoms with van der Waals surface area (Å²) in [6.07, 6.45) is 2.64. The quantitative estimate of drug-likeness (QED) is 0.698. The van der Waals surface area contributed by atoms with Crippen LogP contribution in [0.5, 0.6) is 0 Å². The molecule has 0 fully saturated rings. The molecule has 74 valence electrons. The van der Waals surface area contributed by atoms with Gasteiger partial charge in [0.05, 0.1) is 0 Å². The average molecular weight is 180 g/mol. The van der Waals surface area contributed by atoms with E-state index in [9.17, 15) is 0 Å². The number of nitrogens with zero attached hydrogens (tertiary/aromatic N) is 2. The van der Waals surface area contributed by atoms with Crippen LogP contribution < -0.4 is 0 Å². The first-order chi connectivity index (χ1) is 6.24. The second kappa shape index (κ2) is 6.58. The zero-order valence-corrected chi connectivity index (χ0v) is 9.33. The highest BCUT2D eigenvalue weighted by Crippen LogP contribution is 2.10. The van der Waals surface area contributed by atoms with Crippen molar-refractivity contribution in [1.29, 1.82) is 0 Å². The summed E-state index contributed by atoms with van der Waals surface area (Å²) in [5.74, 6) is 0.503. The van der Waals surface area contributed by atoms with Crippen LogP contribution in [0, 0.1) is 0 Å². The molecule has 1 aromatic heterocycles. The predicted octanol–water partition coefficient (Wildman–Crippen LogP) is 3.19. The minimum Gasteiger partial charge on any atom is -0.241 e. The Labute approximate surface area is 81.4 Å². The van der Waals surface area contributed by atoms with Crippen LogP contribution in [0.4, 0.5) is 0 Å². The molecule has 0 aliphatic heterocycles. The lowest BCUT2D eigenvalue weighted by atomic mass is 10.1. The van der Waals surface area contributed by atoms with E-state index in [4.69, 9.17) is 0 Å². The summed E-state index contributed by atoms with van der Waals surface area (Å²) in [7, 11) is 0. The van der Waals surface area contributed by atoms with Crippen LogP contribution in [0.3, 0.4) is 0 Å². The average Bonchev–Trinajstić information content (AvgIpc) is 2.21. The summed E-state index contributed by atoms with van der Waals surface area (Å²) < 4.78 is 0. The van der Waals surface area contributed by atoms with Gasteiger partial charge in [0.2, 0.25) is 0 Å². The van der Waals surface area contributed by atoms with Crippen LogP contribution >= 0.6 is 0 Å². The first-order valence-electron chi connectivity index (χ1n) is 5.04. The summed E-state index contributed by atoms with van der Waals surface area (Å²) in [5, 5.41) is 0. The van der Waals surface area contributed by atoms with Gasteiger partial charge in [-0.15, -0.1) is 0 Å². The smallest absolute Gasteiger partial charge is 0.115 e. The van der Waals surface area contributed by atoms with Gasteiger partial charge in [-0.2, -0.15) is 0 Å². The van der Waals surface area contributed by atoms with Gasteiger partial charge in [0, 0.05) is 11.4 Å². The van der Waals surface area contributed by atoms with Gasteiger partial charge in [0.25, 0.3) is 0 Å². The van der Waals surface area contributed by atoms with Gasteiger partial charge < -0.3 is 0 Å². The fourth-order valence-corrected chi connectivity index (χ4v) is 0.924. The fraction of sp³-hybridized carbons (Fsp3) is 0.636. The molecule has 0 unspecified atom stereocenters. The van der Waals surface area contributed by atoms with E-state index >= 15 is 0 Å². The van der Waals surface area contributed by atoms with Crippen molar-refractivity contribution in [3.8, 4) is 0 Å². The maximum absolute atomic E-state index is 4.18. The van der Waals surface area contributed by atoms with Crippen LogP contribution in [-0.2, 0) is 6.42 Å². The van der Waals surface area contributed by atoms with E-state index in [0.717, 1.165) is 17.8 Å². The molecule has 1 rings (SSSR count). The second-order valence-electron chi connectivity index (χ2n) is 2.94. The van der Waals surface area contributed by atoms with Gasteiger partial charge in [-0.1, -0.05) is 34.6 Å². The van der Waals surface area contributed by atoms with Crippen molar-refractivity contribution < 1.29 is 0 Å². The van der Waals surface area contributed by atoms with Crippen LogP contribution in [0.1, 0.15) is 51.9 Å². The molecule has 0 spiro atoms. The van der Waals surface area contributed by atoms with E-state index in [1.54, 1.807) is 6.33 Å². The molecule has 1 aromatic rings. The van der Waals surface area contributed by atoms with Gasteiger partial charge in [0.1, 0.15) is 6.33 Å². The monoisotopic (exact) mass is 180 g/mol. The summed E-state index contributed by atoms with van der Waals surface area (Å²) in [6.45, 7) is 10.4. The number of hydrogen-bond acceptors (Lipinski definition) is 2. The molecule has 1 heterocycles. The lowest BCUT2D eigenvalue weighted by Crippen LogP contribution is -1.96. The summed E-state index contributed by atoms with van der Waals surface area (Å²) >= 11 is 0. The van der Waals surface area contributed by atoms with Crippen LogP contribution in [0.15, 0.2) is 12.4 Å². The number of hydrogen-bond donors (Lipinski definition) is 0. The van der Waals surface area contributed by atoms with Crippen LogP contribution in [0.2, 0.25) is 0 Å². The standard InChI is InChI=1S/C9H14N2.C2H6/c1-4-8-5-9(7(2)3)11-6-10-8;1-2/h5-7H,4H2,1-3H3;1-2H3. The molecule has 2 nitrogen and oxygen atoms in total. The Hall–Kier alpha value is -0.920. The van der Waals surface area contributed by atoms with Crippen molar-refractivity contribution in [2.75, 3.05) is 0 Å². The Bertz CT molecular complexity index is 231. The molecule has 13 heavy (non-hydrogen) atoms. The summed E-state index contributed by atoms with van der Waals surface area (Å²) in [5.41, 5.74) is 2.26. The van der Waals surface area contributed by atoms with Crippen molar-refractivity contribution in [1.82, 2.24) is 9.97 Å². The third-order valence-corrected chi connectivity index (χ3v) is 1.70. The lowest BCUT2D eigenvalue weighted by Gasteiger charge is -2.03. The fourth-order valence-electron chi connectivity index (χ4n) is 0.924. The van der Waals surface area contributed by atoms with Crippen molar-refractivity contribution >= 4 is 0 Å². The Balaban J connectivity index is 0.000000671. The second-order valence-corrected chi connectivity index (χ2v) is 2.94. The molecule has 0 bridgehead atoms. The molecule has 0 aliphatic rings. The number of rotatable bonds is 2. The van der Waals surface area contributed by atoms with E-state index in [1.807, 2.05) is 13.8 Å². The molecular formula is C11H20N2.